The van der Waals surface area contributed by atoms with E-state index >= 15 is 0 Å². The lowest BCUT2D eigenvalue weighted by Gasteiger charge is -2.40. The lowest BCUT2D eigenvalue weighted by molar-refractivity contribution is -0.164. The number of amides is 3. The first-order valence-electron chi connectivity index (χ1n) is 10.0. The van der Waals surface area contributed by atoms with Crippen molar-refractivity contribution in [1.29, 1.82) is 0 Å². The summed E-state index contributed by atoms with van der Waals surface area (Å²) >= 11 is 0. The van der Waals surface area contributed by atoms with E-state index in [-0.39, 0.29) is 37.5 Å². The normalized spacial score (nSPS) is 18.6. The van der Waals surface area contributed by atoms with E-state index in [1.807, 2.05) is 25.1 Å². The first-order chi connectivity index (χ1) is 14.8. The van der Waals surface area contributed by atoms with E-state index in [4.69, 9.17) is 4.74 Å². The number of aliphatic hydroxyl groups excluding tert-OH is 1. The van der Waals surface area contributed by atoms with Crippen LogP contribution in [-0.2, 0) is 14.3 Å². The van der Waals surface area contributed by atoms with E-state index in [1.165, 1.54) is 9.80 Å². The highest BCUT2D eigenvalue weighted by Crippen LogP contribution is 2.30. The van der Waals surface area contributed by atoms with E-state index in [2.05, 4.69) is 5.32 Å². The molecule has 1 aliphatic heterocycles. The second-order valence-electron chi connectivity index (χ2n) is 7.68. The quantitative estimate of drug-likeness (QED) is 0.732. The third-order valence-corrected chi connectivity index (χ3v) is 5.33. The number of benzene rings is 2. The summed E-state index contributed by atoms with van der Waals surface area (Å²) in [4.78, 5) is 39.7. The molecule has 3 amide bonds. The predicted octanol–water partition coefficient (Wildman–Crippen LogP) is 1.60. The Morgan fingerprint density at radius 2 is 1.84 bits per heavy atom. The number of nitrogens with zero attached hydrogens (tertiary/aromatic N) is 2. The van der Waals surface area contributed by atoms with Gasteiger partial charge in [-0.25, -0.2) is 0 Å². The SMILES string of the molecule is Cc1ccccc1C(=O)Nc1ccc([C@H]2OCC(=O)N(CC(=O)N(C)C)[C@@H]2CO)cc1. The number of rotatable bonds is 6. The second-order valence-corrected chi connectivity index (χ2v) is 7.68. The average molecular weight is 425 g/mol. The zero-order valence-electron chi connectivity index (χ0n) is 17.9. The lowest BCUT2D eigenvalue weighted by atomic mass is 9.99. The molecule has 31 heavy (non-hydrogen) atoms. The van der Waals surface area contributed by atoms with Crippen LogP contribution in [0.3, 0.4) is 0 Å². The summed E-state index contributed by atoms with van der Waals surface area (Å²) in [5, 5.41) is 12.8. The van der Waals surface area contributed by atoms with Crippen LogP contribution in [0.15, 0.2) is 48.5 Å². The Morgan fingerprint density at radius 1 is 1.16 bits per heavy atom. The number of ether oxygens (including phenoxy) is 1. The molecule has 3 rings (SSSR count). The Kier molecular flexibility index (Phi) is 7.04. The number of hydrogen-bond donors (Lipinski definition) is 2. The van der Waals surface area contributed by atoms with Crippen molar-refractivity contribution in [3.63, 3.8) is 0 Å². The molecule has 1 fully saturated rings. The molecule has 0 spiro atoms. The Hall–Kier alpha value is -3.23. The van der Waals surface area contributed by atoms with E-state index in [9.17, 15) is 19.5 Å². The molecule has 2 N–H and O–H groups in total. The molecule has 1 heterocycles. The molecule has 8 heteroatoms. The number of aliphatic hydroxyl groups is 1. The van der Waals surface area contributed by atoms with Crippen molar-refractivity contribution >= 4 is 23.4 Å². The maximum absolute atomic E-state index is 12.5. The summed E-state index contributed by atoms with van der Waals surface area (Å²) in [6.45, 7) is 1.24. The number of morpholine rings is 1. The molecule has 2 aromatic carbocycles. The maximum atomic E-state index is 12.5. The van der Waals surface area contributed by atoms with Crippen molar-refractivity contribution in [1.82, 2.24) is 9.80 Å². The van der Waals surface area contributed by atoms with Gasteiger partial charge >= 0.3 is 0 Å². The van der Waals surface area contributed by atoms with Gasteiger partial charge in [-0.2, -0.15) is 0 Å². The van der Waals surface area contributed by atoms with Gasteiger partial charge in [0, 0.05) is 25.3 Å². The molecule has 0 aromatic heterocycles. The topological polar surface area (TPSA) is 99.2 Å². The molecule has 1 saturated heterocycles. The molecule has 0 radical (unpaired) electrons. The lowest BCUT2D eigenvalue weighted by Crippen LogP contribution is -2.55. The maximum Gasteiger partial charge on any atom is 0.255 e. The van der Waals surface area contributed by atoms with Crippen molar-refractivity contribution in [2.24, 2.45) is 0 Å². The number of nitrogens with one attached hydrogen (secondary N) is 1. The van der Waals surface area contributed by atoms with Gasteiger partial charge in [0.25, 0.3) is 5.91 Å². The standard InChI is InChI=1S/C23H27N3O5/c1-15-6-4-5-7-18(15)23(30)24-17-10-8-16(9-11-17)22-19(13-27)26(21(29)14-31-22)12-20(28)25(2)3/h4-11,19,22,27H,12-14H2,1-3H3,(H,24,30)/t19-,22-/m1/s1. The predicted molar refractivity (Wildman–Crippen MR) is 116 cm³/mol. The summed E-state index contributed by atoms with van der Waals surface area (Å²) in [7, 11) is 3.23. The van der Waals surface area contributed by atoms with Gasteiger partial charge in [-0.15, -0.1) is 0 Å². The van der Waals surface area contributed by atoms with Crippen LogP contribution < -0.4 is 5.32 Å². The van der Waals surface area contributed by atoms with Crippen LogP contribution in [-0.4, -0.2) is 72.5 Å². The fourth-order valence-electron chi connectivity index (χ4n) is 3.49. The summed E-state index contributed by atoms with van der Waals surface area (Å²) in [5.41, 5.74) is 2.84. The largest absolute Gasteiger partial charge is 0.394 e. The summed E-state index contributed by atoms with van der Waals surface area (Å²) in [6, 6.07) is 13.7. The average Bonchev–Trinajstić information content (AvgIpc) is 2.75. The molecule has 0 bridgehead atoms. The van der Waals surface area contributed by atoms with Gasteiger partial charge in [0.1, 0.15) is 19.3 Å². The fourth-order valence-corrected chi connectivity index (χ4v) is 3.49. The van der Waals surface area contributed by atoms with Gasteiger partial charge in [-0.1, -0.05) is 30.3 Å². The van der Waals surface area contributed by atoms with Gasteiger partial charge < -0.3 is 25.0 Å². The minimum absolute atomic E-state index is 0.124. The number of carbonyl (C=O) groups is 3. The monoisotopic (exact) mass is 425 g/mol. The van der Waals surface area contributed by atoms with Gasteiger partial charge in [0.2, 0.25) is 11.8 Å². The van der Waals surface area contributed by atoms with Crippen molar-refractivity contribution < 1.29 is 24.2 Å². The van der Waals surface area contributed by atoms with E-state index in [0.717, 1.165) is 11.1 Å². The van der Waals surface area contributed by atoms with Crippen molar-refractivity contribution in [2.45, 2.75) is 19.1 Å². The summed E-state index contributed by atoms with van der Waals surface area (Å²) in [6.07, 6.45) is -0.584. The molecule has 2 aromatic rings. The third-order valence-electron chi connectivity index (χ3n) is 5.33. The van der Waals surface area contributed by atoms with Gasteiger partial charge in [-0.3, -0.25) is 14.4 Å². The molecule has 164 valence electrons. The number of likely N-dealkylation sites (N-methyl/N-ethyl adjacent to an activating group) is 1. The minimum Gasteiger partial charge on any atom is -0.394 e. The van der Waals surface area contributed by atoms with Gasteiger partial charge in [-0.05, 0) is 36.2 Å². The van der Waals surface area contributed by atoms with Crippen LogP contribution in [0.1, 0.15) is 27.6 Å². The molecular formula is C23H27N3O5. The minimum atomic E-state index is -0.683. The van der Waals surface area contributed by atoms with Crippen molar-refractivity contribution in [2.75, 3.05) is 39.2 Å². The van der Waals surface area contributed by atoms with Crippen LogP contribution in [0.25, 0.3) is 0 Å². The first kappa shape index (κ1) is 22.5. The fraction of sp³-hybridized carbons (Fsp3) is 0.348. The van der Waals surface area contributed by atoms with E-state index in [0.29, 0.717) is 11.3 Å². The highest BCUT2D eigenvalue weighted by molar-refractivity contribution is 6.05. The first-order valence-corrected chi connectivity index (χ1v) is 10.0. The number of carbonyl (C=O) groups excluding carboxylic acids is 3. The van der Waals surface area contributed by atoms with E-state index in [1.54, 1.807) is 44.4 Å². The van der Waals surface area contributed by atoms with E-state index < -0.39 is 12.1 Å². The highest BCUT2D eigenvalue weighted by atomic mass is 16.5. The Balaban J connectivity index is 1.74. The summed E-state index contributed by atoms with van der Waals surface area (Å²) < 4.78 is 5.69. The number of hydrogen-bond acceptors (Lipinski definition) is 5. The second kappa shape index (κ2) is 9.72. The molecule has 1 aliphatic rings. The zero-order valence-corrected chi connectivity index (χ0v) is 17.9. The molecule has 0 unspecified atom stereocenters. The molecule has 0 aliphatic carbocycles. The Bertz CT molecular complexity index is 958. The van der Waals surface area contributed by atoms with Crippen LogP contribution in [0, 0.1) is 6.92 Å². The van der Waals surface area contributed by atoms with Crippen molar-refractivity contribution in [3.8, 4) is 0 Å². The number of anilines is 1. The number of aryl methyl sites for hydroxylation is 1. The van der Waals surface area contributed by atoms with Crippen molar-refractivity contribution in [3.05, 3.63) is 65.2 Å². The molecule has 2 atom stereocenters. The van der Waals surface area contributed by atoms with Gasteiger partial charge in [0.15, 0.2) is 0 Å². The van der Waals surface area contributed by atoms with Crippen LogP contribution in [0.5, 0.6) is 0 Å². The van der Waals surface area contributed by atoms with Crippen LogP contribution in [0.2, 0.25) is 0 Å². The summed E-state index contributed by atoms with van der Waals surface area (Å²) in [5.74, 6) is -0.777. The smallest absolute Gasteiger partial charge is 0.255 e. The Morgan fingerprint density at radius 3 is 2.45 bits per heavy atom. The molecular weight excluding hydrogens is 398 g/mol. The van der Waals surface area contributed by atoms with Crippen LogP contribution in [0.4, 0.5) is 5.69 Å². The van der Waals surface area contributed by atoms with Gasteiger partial charge in [0.05, 0.1) is 12.6 Å². The zero-order chi connectivity index (χ0) is 22.5. The Labute approximate surface area is 181 Å². The molecule has 8 nitrogen and oxygen atoms in total. The highest BCUT2D eigenvalue weighted by Gasteiger charge is 2.38. The third kappa shape index (κ3) is 5.10. The molecule has 0 saturated carbocycles. The van der Waals surface area contributed by atoms with Crippen LogP contribution >= 0.6 is 0 Å².